The predicted octanol–water partition coefficient (Wildman–Crippen LogP) is 0.498. The molecule has 0 spiro atoms. The molecule has 1 heterocycles. The van der Waals surface area contributed by atoms with Crippen LogP contribution in [0.15, 0.2) is 0 Å². The number of alkyl halides is 1. The molecule has 30 valence electrons. The van der Waals surface area contributed by atoms with Gasteiger partial charge in [-0.2, -0.15) is 0 Å². The molecule has 0 aromatic carbocycles. The van der Waals surface area contributed by atoms with Crippen molar-refractivity contribution in [2.45, 2.75) is 0 Å². The van der Waals surface area contributed by atoms with Gasteiger partial charge in [0.25, 0.3) is 0 Å². The largest absolute Gasteiger partial charge is 0.287 e. The third-order valence-corrected chi connectivity index (χ3v) is 1.05. The van der Waals surface area contributed by atoms with Crippen LogP contribution in [-0.4, -0.2) is 24.0 Å². The quantitative estimate of drug-likeness (QED) is 0.258. The van der Waals surface area contributed by atoms with Crippen LogP contribution in [0.3, 0.4) is 0 Å². The molecule has 0 atom stereocenters. The predicted molar refractivity (Wildman–Crippen MR) is 22.3 cm³/mol. The molecule has 0 unspecified atom stereocenters. The van der Waals surface area contributed by atoms with Gasteiger partial charge in [0, 0.05) is 13.1 Å². The Morgan fingerprint density at radius 2 is 2.20 bits per heavy atom. The maximum absolute atomic E-state index is 5.32. The molecule has 0 aliphatic carbocycles. The first-order chi connectivity index (χ1) is 2.43. The fourth-order valence-electron chi connectivity index (χ4n) is 0.190. The zero-order valence-electron chi connectivity index (χ0n) is 2.95. The molecule has 5 heavy (non-hydrogen) atoms. The van der Waals surface area contributed by atoms with Crippen molar-refractivity contribution in [1.29, 1.82) is 0 Å². The first-order valence-corrected chi connectivity index (χ1v) is 2.25. The summed E-state index contributed by atoms with van der Waals surface area (Å²) in [5.41, 5.74) is 0. The Hall–Kier alpha value is 0.250. The van der Waals surface area contributed by atoms with Crippen LogP contribution < -0.4 is 0 Å². The standard InChI is InChI=1S/C3H6ClN/c4-3-5-1-2-5/h1-3H2. The Balaban J connectivity index is 2.00. The first-order valence-electron chi connectivity index (χ1n) is 1.72. The molecule has 0 radical (unpaired) electrons. The lowest BCUT2D eigenvalue weighted by molar-refractivity contribution is 0.665. The third kappa shape index (κ3) is 0.781. The summed E-state index contributed by atoms with van der Waals surface area (Å²) >= 11 is 5.32. The van der Waals surface area contributed by atoms with Gasteiger partial charge in [0.2, 0.25) is 0 Å². The summed E-state index contributed by atoms with van der Waals surface area (Å²) in [4.78, 5) is 2.14. The van der Waals surface area contributed by atoms with Gasteiger partial charge in [-0.1, -0.05) is 0 Å². The van der Waals surface area contributed by atoms with E-state index in [1.165, 1.54) is 13.1 Å². The molecule has 0 bridgehead atoms. The lowest BCUT2D eigenvalue weighted by Crippen LogP contribution is -1.86. The highest BCUT2D eigenvalue weighted by Gasteiger charge is 2.13. The number of rotatable bonds is 1. The Kier molecular flexibility index (Phi) is 0.791. The van der Waals surface area contributed by atoms with E-state index in [0.29, 0.717) is 0 Å². The lowest BCUT2D eigenvalue weighted by Gasteiger charge is -1.79. The van der Waals surface area contributed by atoms with Gasteiger partial charge >= 0.3 is 0 Å². The van der Waals surface area contributed by atoms with Crippen molar-refractivity contribution in [2.75, 3.05) is 19.1 Å². The van der Waals surface area contributed by atoms with Crippen LogP contribution in [0, 0.1) is 0 Å². The van der Waals surface area contributed by atoms with Crippen LogP contribution in [0.25, 0.3) is 0 Å². The van der Waals surface area contributed by atoms with Gasteiger partial charge < -0.3 is 0 Å². The average molecular weight is 91.5 g/mol. The fraction of sp³-hybridized carbons (Fsp3) is 1.00. The van der Waals surface area contributed by atoms with E-state index in [2.05, 4.69) is 4.90 Å². The van der Waals surface area contributed by atoms with Gasteiger partial charge in [0.15, 0.2) is 0 Å². The maximum Gasteiger partial charge on any atom is 0.0739 e. The molecule has 0 amide bonds. The van der Waals surface area contributed by atoms with Crippen LogP contribution in [-0.2, 0) is 0 Å². The third-order valence-electron chi connectivity index (χ3n) is 0.709. The zero-order chi connectivity index (χ0) is 3.70. The van der Waals surface area contributed by atoms with Crippen LogP contribution in [0.2, 0.25) is 0 Å². The van der Waals surface area contributed by atoms with Gasteiger partial charge in [-0.25, -0.2) is 0 Å². The van der Waals surface area contributed by atoms with Crippen molar-refractivity contribution in [3.8, 4) is 0 Å². The minimum Gasteiger partial charge on any atom is -0.287 e. The van der Waals surface area contributed by atoms with E-state index in [9.17, 15) is 0 Å². The van der Waals surface area contributed by atoms with E-state index in [1.807, 2.05) is 0 Å². The molecule has 1 fully saturated rings. The summed E-state index contributed by atoms with van der Waals surface area (Å²) in [6.07, 6.45) is 0. The number of halogens is 1. The zero-order valence-corrected chi connectivity index (χ0v) is 3.70. The Bertz CT molecular complexity index is 33.9. The molecule has 1 aliphatic heterocycles. The highest BCUT2D eigenvalue weighted by atomic mass is 35.5. The Morgan fingerprint density at radius 1 is 1.60 bits per heavy atom. The summed E-state index contributed by atoms with van der Waals surface area (Å²) in [5.74, 6) is 0. The number of hydrogen-bond donors (Lipinski definition) is 0. The van der Waals surface area contributed by atoms with Crippen molar-refractivity contribution in [3.63, 3.8) is 0 Å². The molecule has 0 N–H and O–H groups in total. The lowest BCUT2D eigenvalue weighted by atomic mass is 11.0. The normalized spacial score (nSPS) is 23.4. The smallest absolute Gasteiger partial charge is 0.0739 e. The van der Waals surface area contributed by atoms with Crippen LogP contribution in [0.1, 0.15) is 0 Å². The monoisotopic (exact) mass is 91.0 g/mol. The number of nitrogens with zero attached hydrogens (tertiary/aromatic N) is 1. The van der Waals surface area contributed by atoms with Crippen LogP contribution in [0.4, 0.5) is 0 Å². The van der Waals surface area contributed by atoms with Crippen molar-refractivity contribution in [3.05, 3.63) is 0 Å². The van der Waals surface area contributed by atoms with Crippen molar-refractivity contribution < 1.29 is 0 Å². The molecule has 0 aromatic heterocycles. The van der Waals surface area contributed by atoms with Crippen LogP contribution >= 0.6 is 11.6 Å². The van der Waals surface area contributed by atoms with Crippen LogP contribution in [0.5, 0.6) is 0 Å². The summed E-state index contributed by atoms with van der Waals surface area (Å²) in [5, 5.41) is 0. The van der Waals surface area contributed by atoms with Gasteiger partial charge in [0.05, 0.1) is 6.00 Å². The van der Waals surface area contributed by atoms with Gasteiger partial charge in [0.1, 0.15) is 0 Å². The summed E-state index contributed by atoms with van der Waals surface area (Å²) in [6, 6.07) is 0.722. The average Bonchev–Trinajstić information content (AvgIpc) is 2.12. The second-order valence-electron chi connectivity index (χ2n) is 1.24. The summed E-state index contributed by atoms with van der Waals surface area (Å²) in [7, 11) is 0. The molecular weight excluding hydrogens is 85.5 g/mol. The van der Waals surface area contributed by atoms with E-state index in [-0.39, 0.29) is 0 Å². The minimum atomic E-state index is 0.722. The van der Waals surface area contributed by atoms with E-state index >= 15 is 0 Å². The fourth-order valence-corrected chi connectivity index (χ4v) is 0.429. The van der Waals surface area contributed by atoms with Gasteiger partial charge in [-0.15, -0.1) is 11.6 Å². The van der Waals surface area contributed by atoms with Crippen molar-refractivity contribution in [2.24, 2.45) is 0 Å². The first kappa shape index (κ1) is 3.44. The Labute approximate surface area is 36.5 Å². The highest BCUT2D eigenvalue weighted by molar-refractivity contribution is 6.17. The Morgan fingerprint density at radius 3 is 2.20 bits per heavy atom. The van der Waals surface area contributed by atoms with Crippen molar-refractivity contribution >= 4 is 11.6 Å². The molecular formula is C3H6ClN. The van der Waals surface area contributed by atoms with E-state index < -0.39 is 0 Å². The molecule has 1 rings (SSSR count). The van der Waals surface area contributed by atoms with Gasteiger partial charge in [-0.05, 0) is 0 Å². The SMILES string of the molecule is ClCN1CC1. The summed E-state index contributed by atoms with van der Waals surface area (Å²) in [6.45, 7) is 2.42. The topological polar surface area (TPSA) is 3.01 Å². The molecule has 1 nitrogen and oxygen atoms in total. The molecule has 1 aliphatic rings. The minimum absolute atomic E-state index is 0.722. The highest BCUT2D eigenvalue weighted by Crippen LogP contribution is 2.01. The molecule has 0 saturated carbocycles. The van der Waals surface area contributed by atoms with Crippen molar-refractivity contribution in [1.82, 2.24) is 4.90 Å². The number of hydrogen-bond acceptors (Lipinski definition) is 1. The van der Waals surface area contributed by atoms with Gasteiger partial charge in [-0.3, -0.25) is 4.90 Å². The van der Waals surface area contributed by atoms with E-state index in [4.69, 9.17) is 11.6 Å². The maximum atomic E-state index is 5.32. The molecule has 2 heteroatoms. The van der Waals surface area contributed by atoms with E-state index in [0.717, 1.165) is 6.00 Å². The summed E-state index contributed by atoms with van der Waals surface area (Å²) < 4.78 is 0. The molecule has 1 saturated heterocycles. The molecule has 0 aromatic rings. The second-order valence-corrected chi connectivity index (χ2v) is 1.48. The second kappa shape index (κ2) is 1.15. The van der Waals surface area contributed by atoms with E-state index in [1.54, 1.807) is 0 Å².